The standard InChI is InChI=1S/C16H17NO5/c1-10-3-4-11-12(16(19)20-2)8-14(18)17(13(11)7-10)9-15-21-5-6-22-15/h3-4,7-8,15H,5-6,9H2,1-2H3. The Morgan fingerprint density at radius 2 is 2.05 bits per heavy atom. The van der Waals surface area contributed by atoms with E-state index in [4.69, 9.17) is 14.2 Å². The molecule has 0 bridgehead atoms. The second-order valence-corrected chi connectivity index (χ2v) is 5.19. The molecule has 0 radical (unpaired) electrons. The van der Waals surface area contributed by atoms with Crippen molar-refractivity contribution in [3.63, 3.8) is 0 Å². The molecule has 2 aromatic rings. The van der Waals surface area contributed by atoms with Gasteiger partial charge in [-0.3, -0.25) is 4.79 Å². The van der Waals surface area contributed by atoms with Gasteiger partial charge in [0.15, 0.2) is 6.29 Å². The van der Waals surface area contributed by atoms with Gasteiger partial charge in [0.05, 0.1) is 37.9 Å². The molecular formula is C16H17NO5. The van der Waals surface area contributed by atoms with Crippen LogP contribution in [0.5, 0.6) is 0 Å². The van der Waals surface area contributed by atoms with Crippen molar-refractivity contribution < 1.29 is 19.0 Å². The largest absolute Gasteiger partial charge is 0.465 e. The number of hydrogen-bond acceptors (Lipinski definition) is 5. The van der Waals surface area contributed by atoms with Crippen molar-refractivity contribution in [1.82, 2.24) is 4.57 Å². The molecular weight excluding hydrogens is 286 g/mol. The van der Waals surface area contributed by atoms with E-state index in [1.165, 1.54) is 13.2 Å². The number of fused-ring (bicyclic) bond motifs is 1. The zero-order valence-corrected chi connectivity index (χ0v) is 12.5. The van der Waals surface area contributed by atoms with Crippen LogP contribution in [0.3, 0.4) is 0 Å². The molecule has 6 heteroatoms. The van der Waals surface area contributed by atoms with E-state index in [1.807, 2.05) is 25.1 Å². The summed E-state index contributed by atoms with van der Waals surface area (Å²) in [5.41, 5.74) is 1.66. The molecule has 1 saturated heterocycles. The quantitative estimate of drug-likeness (QED) is 0.803. The van der Waals surface area contributed by atoms with Crippen LogP contribution in [0.2, 0.25) is 0 Å². The van der Waals surface area contributed by atoms with Crippen LogP contribution in [0, 0.1) is 6.92 Å². The Morgan fingerprint density at radius 1 is 1.32 bits per heavy atom. The van der Waals surface area contributed by atoms with Crippen molar-refractivity contribution in [3.05, 3.63) is 45.7 Å². The summed E-state index contributed by atoms with van der Waals surface area (Å²) in [4.78, 5) is 24.3. The second kappa shape index (κ2) is 5.90. The lowest BCUT2D eigenvalue weighted by atomic mass is 10.1. The van der Waals surface area contributed by atoms with Gasteiger partial charge in [0.25, 0.3) is 5.56 Å². The summed E-state index contributed by atoms with van der Waals surface area (Å²) >= 11 is 0. The lowest BCUT2D eigenvalue weighted by Crippen LogP contribution is -2.28. The summed E-state index contributed by atoms with van der Waals surface area (Å²) in [5.74, 6) is -0.522. The molecule has 0 aliphatic carbocycles. The fraction of sp³-hybridized carbons (Fsp3) is 0.375. The van der Waals surface area contributed by atoms with E-state index < -0.39 is 12.3 Å². The lowest BCUT2D eigenvalue weighted by Gasteiger charge is -2.16. The van der Waals surface area contributed by atoms with E-state index in [2.05, 4.69) is 0 Å². The number of hydrogen-bond donors (Lipinski definition) is 0. The molecule has 1 aromatic heterocycles. The number of methoxy groups -OCH3 is 1. The van der Waals surface area contributed by atoms with Crippen LogP contribution in [0.1, 0.15) is 15.9 Å². The number of ether oxygens (including phenoxy) is 3. The Labute approximate surface area is 127 Å². The van der Waals surface area contributed by atoms with Crippen molar-refractivity contribution in [1.29, 1.82) is 0 Å². The molecule has 0 N–H and O–H groups in total. The Hall–Kier alpha value is -2.18. The van der Waals surface area contributed by atoms with Gasteiger partial charge in [0, 0.05) is 11.5 Å². The highest BCUT2D eigenvalue weighted by molar-refractivity contribution is 6.03. The van der Waals surface area contributed by atoms with Gasteiger partial charge < -0.3 is 18.8 Å². The third kappa shape index (κ3) is 2.63. The first-order chi connectivity index (χ1) is 10.6. The molecule has 22 heavy (non-hydrogen) atoms. The molecule has 0 spiro atoms. The summed E-state index contributed by atoms with van der Waals surface area (Å²) < 4.78 is 17.2. The molecule has 1 aliphatic heterocycles. The van der Waals surface area contributed by atoms with E-state index in [9.17, 15) is 9.59 Å². The molecule has 1 fully saturated rings. The normalized spacial score (nSPS) is 15.4. The summed E-state index contributed by atoms with van der Waals surface area (Å²) in [5, 5.41) is 0.676. The van der Waals surface area contributed by atoms with Gasteiger partial charge in [-0.05, 0) is 18.6 Å². The first-order valence-corrected chi connectivity index (χ1v) is 7.06. The van der Waals surface area contributed by atoms with Crippen LogP contribution in [-0.2, 0) is 20.8 Å². The van der Waals surface area contributed by atoms with Gasteiger partial charge in [0.1, 0.15) is 0 Å². The Morgan fingerprint density at radius 3 is 2.73 bits per heavy atom. The van der Waals surface area contributed by atoms with Crippen LogP contribution in [-0.4, -0.2) is 37.1 Å². The molecule has 1 aliphatic rings. The average Bonchev–Trinajstić information content (AvgIpc) is 3.02. The Balaban J connectivity index is 2.19. The van der Waals surface area contributed by atoms with Crippen LogP contribution in [0.4, 0.5) is 0 Å². The van der Waals surface area contributed by atoms with E-state index in [0.29, 0.717) is 30.7 Å². The first kappa shape index (κ1) is 14.7. The molecule has 1 aromatic carbocycles. The predicted octanol–water partition coefficient (Wildman–Crippen LogP) is 1.47. The molecule has 2 heterocycles. The Kier molecular flexibility index (Phi) is 3.96. The number of aromatic nitrogens is 1. The van der Waals surface area contributed by atoms with Gasteiger partial charge in [0.2, 0.25) is 0 Å². The highest BCUT2D eigenvalue weighted by Crippen LogP contribution is 2.20. The third-order valence-electron chi connectivity index (χ3n) is 3.70. The SMILES string of the molecule is COC(=O)c1cc(=O)n(CC2OCCO2)c2cc(C)ccc12. The van der Waals surface area contributed by atoms with Gasteiger partial charge in [-0.25, -0.2) is 4.79 Å². The van der Waals surface area contributed by atoms with Crippen LogP contribution in [0.25, 0.3) is 10.9 Å². The first-order valence-electron chi connectivity index (χ1n) is 7.06. The Bertz CT molecular complexity index is 774. The maximum Gasteiger partial charge on any atom is 0.338 e. The average molecular weight is 303 g/mol. The van der Waals surface area contributed by atoms with Crippen LogP contribution in [0.15, 0.2) is 29.1 Å². The highest BCUT2D eigenvalue weighted by Gasteiger charge is 2.20. The zero-order chi connectivity index (χ0) is 15.7. The molecule has 0 saturated carbocycles. The summed E-state index contributed by atoms with van der Waals surface area (Å²) in [6.07, 6.45) is -0.439. The number of esters is 1. The zero-order valence-electron chi connectivity index (χ0n) is 12.5. The number of carbonyl (C=O) groups excluding carboxylic acids is 1. The monoisotopic (exact) mass is 303 g/mol. The number of benzene rings is 1. The number of pyridine rings is 1. The maximum atomic E-state index is 12.4. The minimum atomic E-state index is -0.522. The van der Waals surface area contributed by atoms with Gasteiger partial charge in [-0.2, -0.15) is 0 Å². The van der Waals surface area contributed by atoms with Crippen molar-refractivity contribution in [2.24, 2.45) is 0 Å². The third-order valence-corrected chi connectivity index (χ3v) is 3.70. The van der Waals surface area contributed by atoms with Gasteiger partial charge in [-0.1, -0.05) is 12.1 Å². The van der Waals surface area contributed by atoms with Gasteiger partial charge >= 0.3 is 5.97 Å². The lowest BCUT2D eigenvalue weighted by molar-refractivity contribution is -0.0522. The van der Waals surface area contributed by atoms with Crippen molar-refractivity contribution in [2.75, 3.05) is 20.3 Å². The topological polar surface area (TPSA) is 66.8 Å². The molecule has 116 valence electrons. The summed E-state index contributed by atoms with van der Waals surface area (Å²) in [6, 6.07) is 6.89. The maximum absolute atomic E-state index is 12.4. The molecule has 3 rings (SSSR count). The number of carbonyl (C=O) groups is 1. The summed E-state index contributed by atoms with van der Waals surface area (Å²) in [6.45, 7) is 3.27. The van der Waals surface area contributed by atoms with E-state index in [-0.39, 0.29) is 11.1 Å². The minimum Gasteiger partial charge on any atom is -0.465 e. The van der Waals surface area contributed by atoms with Crippen molar-refractivity contribution >= 4 is 16.9 Å². The number of rotatable bonds is 3. The van der Waals surface area contributed by atoms with E-state index in [0.717, 1.165) is 5.56 Å². The fourth-order valence-corrected chi connectivity index (χ4v) is 2.62. The molecule has 0 amide bonds. The predicted molar refractivity (Wildman–Crippen MR) is 80.0 cm³/mol. The van der Waals surface area contributed by atoms with Crippen molar-refractivity contribution in [2.45, 2.75) is 19.8 Å². The minimum absolute atomic E-state index is 0.270. The van der Waals surface area contributed by atoms with Crippen LogP contribution < -0.4 is 5.56 Å². The van der Waals surface area contributed by atoms with Gasteiger partial charge in [-0.15, -0.1) is 0 Å². The molecule has 0 unspecified atom stereocenters. The summed E-state index contributed by atoms with van der Waals surface area (Å²) in [7, 11) is 1.30. The van der Waals surface area contributed by atoms with Crippen LogP contribution >= 0.6 is 0 Å². The molecule has 0 atom stereocenters. The smallest absolute Gasteiger partial charge is 0.338 e. The fourth-order valence-electron chi connectivity index (χ4n) is 2.62. The van der Waals surface area contributed by atoms with Crippen molar-refractivity contribution in [3.8, 4) is 0 Å². The highest BCUT2D eigenvalue weighted by atomic mass is 16.7. The van der Waals surface area contributed by atoms with E-state index >= 15 is 0 Å². The molecule has 6 nitrogen and oxygen atoms in total. The number of nitrogens with zero attached hydrogens (tertiary/aromatic N) is 1. The van der Waals surface area contributed by atoms with E-state index in [1.54, 1.807) is 4.57 Å². The second-order valence-electron chi connectivity index (χ2n) is 5.19. The number of aryl methyl sites for hydroxylation is 1.